The van der Waals surface area contributed by atoms with E-state index in [1.165, 1.54) is 0 Å². The van der Waals surface area contributed by atoms with Crippen molar-refractivity contribution in [2.45, 2.75) is 37.9 Å². The zero-order valence-corrected chi connectivity index (χ0v) is 13.4. The summed E-state index contributed by atoms with van der Waals surface area (Å²) in [6.45, 7) is 4.34. The lowest BCUT2D eigenvalue weighted by Gasteiger charge is -2.28. The van der Waals surface area contributed by atoms with E-state index in [2.05, 4.69) is 47.2 Å². The average molecular weight is 368 g/mol. The largest absolute Gasteiger partial charge is 0.358 e. The van der Waals surface area contributed by atoms with Crippen LogP contribution >= 0.6 is 22.6 Å². The van der Waals surface area contributed by atoms with Crippen molar-refractivity contribution in [3.8, 4) is 12.3 Å². The Morgan fingerprint density at radius 3 is 2.63 bits per heavy atom. The predicted molar refractivity (Wildman–Crippen MR) is 90.3 cm³/mol. The van der Waals surface area contributed by atoms with Crippen molar-refractivity contribution in [3.63, 3.8) is 0 Å². The van der Waals surface area contributed by atoms with Crippen LogP contribution in [0.15, 0.2) is 43.0 Å². The molecule has 0 aliphatic carbocycles. The number of terminal acetylenes is 1. The Morgan fingerprint density at radius 1 is 1.32 bits per heavy atom. The van der Waals surface area contributed by atoms with Crippen LogP contribution in [0.3, 0.4) is 0 Å². The minimum Gasteiger partial charge on any atom is -0.358 e. The fourth-order valence-corrected chi connectivity index (χ4v) is 2.32. The Morgan fingerprint density at radius 2 is 2.05 bits per heavy atom. The fraction of sp³-hybridized carbons (Fsp3) is 0.412. The summed E-state index contributed by atoms with van der Waals surface area (Å²) < 4.78 is 7.18. The van der Waals surface area contributed by atoms with Crippen LogP contribution in [0.2, 0.25) is 0 Å². The monoisotopic (exact) mass is 368 g/mol. The lowest BCUT2D eigenvalue weighted by molar-refractivity contribution is -0.0240. The van der Waals surface area contributed by atoms with Gasteiger partial charge in [0.05, 0.1) is 6.61 Å². The molecule has 1 atom stereocenters. The second-order valence-corrected chi connectivity index (χ2v) is 5.61. The lowest BCUT2D eigenvalue weighted by Crippen LogP contribution is -2.30. The first-order valence-corrected chi connectivity index (χ1v) is 8.11. The number of hydrogen-bond donors (Lipinski definition) is 0. The number of alkyl halides is 1. The van der Waals surface area contributed by atoms with Gasteiger partial charge in [0.2, 0.25) is 0 Å². The molecule has 0 amide bonds. The molecular weight excluding hydrogens is 347 g/mol. The minimum atomic E-state index is -0.449. The molecule has 0 aliphatic rings. The van der Waals surface area contributed by atoms with Crippen LogP contribution in [0.5, 0.6) is 0 Å². The van der Waals surface area contributed by atoms with Gasteiger partial charge in [-0.25, -0.2) is 0 Å². The minimum absolute atomic E-state index is 0.449. The summed E-state index contributed by atoms with van der Waals surface area (Å²) in [7, 11) is 0. The average Bonchev–Trinajstić information content (AvgIpc) is 2.48. The van der Waals surface area contributed by atoms with Gasteiger partial charge >= 0.3 is 0 Å². The van der Waals surface area contributed by atoms with Gasteiger partial charge in [0.25, 0.3) is 0 Å². The smallest absolute Gasteiger partial charge is 0.129 e. The predicted octanol–water partition coefficient (Wildman–Crippen LogP) is 4.76. The highest BCUT2D eigenvalue weighted by Crippen LogP contribution is 2.26. The molecule has 1 rings (SSSR count). The van der Waals surface area contributed by atoms with E-state index in [0.29, 0.717) is 6.61 Å². The Kier molecular flexibility index (Phi) is 7.85. The van der Waals surface area contributed by atoms with E-state index in [1.807, 2.05) is 24.3 Å². The number of benzene rings is 1. The van der Waals surface area contributed by atoms with Crippen molar-refractivity contribution in [1.29, 1.82) is 0 Å². The summed E-state index contributed by atoms with van der Waals surface area (Å²) in [4.78, 5) is 0. The second-order valence-electron chi connectivity index (χ2n) is 4.53. The van der Waals surface area contributed by atoms with Gasteiger partial charge in [-0.3, -0.25) is 0 Å². The summed E-state index contributed by atoms with van der Waals surface area (Å²) in [5.41, 5.74) is 0.713. The van der Waals surface area contributed by atoms with Gasteiger partial charge in [-0.2, -0.15) is 0 Å². The lowest BCUT2D eigenvalue weighted by atomic mass is 9.93. The van der Waals surface area contributed by atoms with Gasteiger partial charge in [0.1, 0.15) is 5.60 Å². The molecule has 19 heavy (non-hydrogen) atoms. The van der Waals surface area contributed by atoms with Crippen molar-refractivity contribution < 1.29 is 4.74 Å². The molecule has 1 nitrogen and oxygen atoms in total. The molecule has 0 aliphatic heterocycles. The summed E-state index contributed by atoms with van der Waals surface area (Å²) in [5.74, 6) is 2.88. The molecular formula is C17H21IO. The van der Waals surface area contributed by atoms with E-state index in [1.54, 1.807) is 0 Å². The number of halogens is 1. The molecule has 0 saturated carbocycles. The zero-order chi connectivity index (χ0) is 14.0. The van der Waals surface area contributed by atoms with Crippen LogP contribution in [-0.4, -0.2) is 10.0 Å². The van der Waals surface area contributed by atoms with Gasteiger partial charge in [0, 0.05) is 0 Å². The zero-order valence-electron chi connectivity index (χ0n) is 11.3. The standard InChI is InChI=1S/C17H21IO/c1-3-5-12-17(4-2,13-9-14-18)19-15-16-10-7-6-8-11-16/h2-3,6-8,10-11H,1,5,9,12-15H2. The number of hydrogen-bond acceptors (Lipinski definition) is 1. The molecule has 0 radical (unpaired) electrons. The number of rotatable bonds is 9. The van der Waals surface area contributed by atoms with Gasteiger partial charge in [0.15, 0.2) is 0 Å². The highest BCUT2D eigenvalue weighted by atomic mass is 127. The molecule has 1 aromatic carbocycles. The van der Waals surface area contributed by atoms with Gasteiger partial charge < -0.3 is 4.74 Å². The quantitative estimate of drug-likeness (QED) is 0.264. The first-order chi connectivity index (χ1) is 9.26. The normalized spacial score (nSPS) is 13.5. The van der Waals surface area contributed by atoms with Crippen molar-refractivity contribution in [2.24, 2.45) is 0 Å². The molecule has 0 N–H and O–H groups in total. The molecule has 0 bridgehead atoms. The van der Waals surface area contributed by atoms with Crippen LogP contribution in [-0.2, 0) is 11.3 Å². The van der Waals surface area contributed by atoms with Gasteiger partial charge in [-0.1, -0.05) is 64.9 Å². The first kappa shape index (κ1) is 16.3. The third kappa shape index (κ3) is 5.80. The van der Waals surface area contributed by atoms with Gasteiger partial charge in [-0.15, -0.1) is 13.0 Å². The highest BCUT2D eigenvalue weighted by Gasteiger charge is 2.27. The van der Waals surface area contributed by atoms with Crippen molar-refractivity contribution in [2.75, 3.05) is 4.43 Å². The summed E-state index contributed by atoms with van der Waals surface area (Å²) >= 11 is 2.38. The molecule has 2 heteroatoms. The third-order valence-electron chi connectivity index (χ3n) is 3.09. The summed E-state index contributed by atoms with van der Waals surface area (Å²) in [6.07, 6.45) is 11.4. The molecule has 0 fully saturated rings. The third-order valence-corrected chi connectivity index (χ3v) is 3.85. The first-order valence-electron chi connectivity index (χ1n) is 6.59. The molecule has 1 unspecified atom stereocenters. The Hall–Kier alpha value is -0.790. The van der Waals surface area contributed by atoms with Gasteiger partial charge in [-0.05, 0) is 35.7 Å². The van der Waals surface area contributed by atoms with Crippen LogP contribution in [0.25, 0.3) is 0 Å². The summed E-state index contributed by atoms with van der Waals surface area (Å²) in [5, 5.41) is 0. The molecule has 1 aromatic rings. The van der Waals surface area contributed by atoms with Crippen molar-refractivity contribution >= 4 is 22.6 Å². The maximum Gasteiger partial charge on any atom is 0.129 e. The second kappa shape index (κ2) is 9.17. The molecule has 102 valence electrons. The number of allylic oxidation sites excluding steroid dienone is 1. The van der Waals surface area contributed by atoms with E-state index >= 15 is 0 Å². The van der Waals surface area contributed by atoms with E-state index < -0.39 is 5.60 Å². The van der Waals surface area contributed by atoms with Crippen LogP contribution in [0.4, 0.5) is 0 Å². The topological polar surface area (TPSA) is 9.23 Å². The molecule has 0 spiro atoms. The van der Waals surface area contributed by atoms with Crippen LogP contribution in [0.1, 0.15) is 31.2 Å². The van der Waals surface area contributed by atoms with Crippen molar-refractivity contribution in [3.05, 3.63) is 48.6 Å². The van der Waals surface area contributed by atoms with Crippen LogP contribution < -0.4 is 0 Å². The Labute approximate surface area is 130 Å². The highest BCUT2D eigenvalue weighted by molar-refractivity contribution is 14.1. The van der Waals surface area contributed by atoms with E-state index in [9.17, 15) is 0 Å². The SMILES string of the molecule is C#CC(CCC=C)(CCCI)OCc1ccccc1. The Bertz CT molecular complexity index is 407. The molecule has 0 saturated heterocycles. The van der Waals surface area contributed by atoms with E-state index in [4.69, 9.17) is 11.2 Å². The summed E-state index contributed by atoms with van der Waals surface area (Å²) in [6, 6.07) is 10.2. The number of ether oxygens (including phenoxy) is 1. The Balaban J connectivity index is 2.66. The maximum atomic E-state index is 6.08. The molecule has 0 aromatic heterocycles. The maximum absolute atomic E-state index is 6.08. The molecule has 0 heterocycles. The fourth-order valence-electron chi connectivity index (χ4n) is 1.94. The van der Waals surface area contributed by atoms with E-state index in [0.717, 1.165) is 35.7 Å². The van der Waals surface area contributed by atoms with Crippen molar-refractivity contribution in [1.82, 2.24) is 0 Å². The van der Waals surface area contributed by atoms with E-state index in [-0.39, 0.29) is 0 Å². The van der Waals surface area contributed by atoms with Crippen LogP contribution in [0, 0.1) is 12.3 Å².